The number of aromatic nitrogens is 4. The molecular weight excluding hydrogens is 535 g/mol. The monoisotopic (exact) mass is 572 g/mol. The summed E-state index contributed by atoms with van der Waals surface area (Å²) in [7, 11) is 1.67. The van der Waals surface area contributed by atoms with E-state index in [2.05, 4.69) is 39.5 Å². The smallest absolute Gasteiger partial charge is 0.352 e. The molecule has 1 aliphatic rings. The molecule has 1 saturated carbocycles. The second-order valence-electron chi connectivity index (χ2n) is 9.57. The maximum Gasteiger partial charge on any atom is 0.389 e. The average molecular weight is 573 g/mol. The number of hydrogen-bond donors (Lipinski definition) is 3. The normalized spacial score (nSPS) is 14.4. The minimum atomic E-state index is -4.35. The molecule has 0 aliphatic heterocycles. The van der Waals surface area contributed by atoms with Gasteiger partial charge in [0.1, 0.15) is 11.5 Å². The first-order valence-electron chi connectivity index (χ1n) is 13.3. The van der Waals surface area contributed by atoms with Gasteiger partial charge in [0.2, 0.25) is 11.8 Å². The van der Waals surface area contributed by atoms with E-state index in [9.17, 15) is 31.5 Å². The molecule has 0 spiro atoms. The number of carbonyl (C=O) groups excluding carboxylic acids is 2. The Morgan fingerprint density at radius 2 is 1.73 bits per heavy atom. The van der Waals surface area contributed by atoms with Gasteiger partial charge in [-0.3, -0.25) is 14.3 Å². The molecular formula is C27H37F5N6O2. The largest absolute Gasteiger partial charge is 0.389 e. The van der Waals surface area contributed by atoms with Crippen molar-refractivity contribution >= 4 is 22.8 Å². The number of hydrogen-bond acceptors (Lipinski definition) is 4. The minimum Gasteiger partial charge on any atom is -0.352 e. The summed E-state index contributed by atoms with van der Waals surface area (Å²) < 4.78 is 62.3. The number of aromatic amines is 1. The molecule has 2 heterocycles. The van der Waals surface area contributed by atoms with Gasteiger partial charge >= 0.3 is 6.18 Å². The highest BCUT2D eigenvalue weighted by Gasteiger charge is 2.30. The number of aryl methyl sites for hydroxylation is 1. The molecule has 3 N–H and O–H groups in total. The summed E-state index contributed by atoms with van der Waals surface area (Å²) in [6.45, 7) is 4.54. The number of fused-ring (bicyclic) bond motifs is 1. The van der Waals surface area contributed by atoms with Gasteiger partial charge in [-0.25, -0.2) is 13.8 Å². The Morgan fingerprint density at radius 3 is 2.27 bits per heavy atom. The van der Waals surface area contributed by atoms with Crippen molar-refractivity contribution in [2.75, 3.05) is 0 Å². The zero-order chi connectivity index (χ0) is 29.8. The molecule has 4 rings (SSSR count). The number of rotatable bonds is 7. The molecule has 2 aromatic heterocycles. The summed E-state index contributed by atoms with van der Waals surface area (Å²) in [6, 6.07) is 6.81. The van der Waals surface area contributed by atoms with Crippen LogP contribution in [0.3, 0.4) is 0 Å². The molecule has 0 radical (unpaired) electrons. The van der Waals surface area contributed by atoms with Crippen LogP contribution in [0.2, 0.25) is 0 Å². The van der Waals surface area contributed by atoms with Crippen LogP contribution < -0.4 is 10.6 Å². The van der Waals surface area contributed by atoms with E-state index in [0.717, 1.165) is 6.42 Å². The lowest BCUT2D eigenvalue weighted by Gasteiger charge is -2.20. The van der Waals surface area contributed by atoms with Gasteiger partial charge in [0.25, 0.3) is 5.91 Å². The van der Waals surface area contributed by atoms with Crippen LogP contribution in [-0.2, 0) is 24.9 Å². The van der Waals surface area contributed by atoms with E-state index in [1.54, 1.807) is 31.3 Å². The lowest BCUT2D eigenvalue weighted by Crippen LogP contribution is -2.25. The maximum absolute atomic E-state index is 12.2. The van der Waals surface area contributed by atoms with Gasteiger partial charge in [-0.1, -0.05) is 32.8 Å². The first-order valence-corrected chi connectivity index (χ1v) is 13.3. The van der Waals surface area contributed by atoms with E-state index in [0.29, 0.717) is 41.0 Å². The predicted molar refractivity (Wildman–Crippen MR) is 142 cm³/mol. The van der Waals surface area contributed by atoms with Crippen LogP contribution in [0.15, 0.2) is 30.5 Å². The Morgan fingerprint density at radius 1 is 1.05 bits per heavy atom. The first-order chi connectivity index (χ1) is 18.8. The SMILES string of the molecule is CCC.Cn1nccc1C(=O)NCc1nc2ccc(CNC(=O)CCC(F)(F)F)cc2[nH]1.FC1(F)CCCCC1. The first kappa shape index (κ1) is 32.7. The number of halogens is 5. The molecule has 0 unspecified atom stereocenters. The van der Waals surface area contributed by atoms with Crippen molar-refractivity contribution < 1.29 is 31.5 Å². The number of benzene rings is 1. The number of amides is 2. The molecule has 13 heteroatoms. The van der Waals surface area contributed by atoms with Crippen LogP contribution >= 0.6 is 0 Å². The third-order valence-corrected chi connectivity index (χ3v) is 5.78. The fraction of sp³-hybridized carbons (Fsp3) is 0.556. The Bertz CT molecular complexity index is 1210. The number of imidazole rings is 1. The number of nitrogens with one attached hydrogen (secondary N) is 3. The molecule has 222 valence electrons. The Kier molecular flexibility index (Phi) is 12.5. The molecule has 1 aliphatic carbocycles. The molecule has 1 fully saturated rings. The summed E-state index contributed by atoms with van der Waals surface area (Å²) in [5.41, 5.74) is 2.50. The standard InChI is InChI=1S/C18H19F3N6O2.C6H10F2.C3H8/c1-27-14(5-7-24-27)17(29)23-10-15-25-12-3-2-11(8-13(12)26-15)9-22-16(28)4-6-18(19,20)21;7-6(8)4-2-1-3-5-6;1-3-2/h2-3,5,7-8H,4,6,9-10H2,1H3,(H,22,28)(H,23,29)(H,25,26);1-5H2;3H2,1-2H3. The third-order valence-electron chi connectivity index (χ3n) is 5.78. The van der Waals surface area contributed by atoms with E-state index in [4.69, 9.17) is 0 Å². The zero-order valence-electron chi connectivity index (χ0n) is 23.0. The van der Waals surface area contributed by atoms with Crippen LogP contribution in [0.5, 0.6) is 0 Å². The highest BCUT2D eigenvalue weighted by Crippen LogP contribution is 2.32. The quantitative estimate of drug-likeness (QED) is 0.294. The van der Waals surface area contributed by atoms with Gasteiger partial charge in [0, 0.05) is 39.1 Å². The summed E-state index contributed by atoms with van der Waals surface area (Å²) in [5.74, 6) is -2.72. The fourth-order valence-electron chi connectivity index (χ4n) is 3.77. The van der Waals surface area contributed by atoms with Crippen molar-refractivity contribution in [3.63, 3.8) is 0 Å². The number of alkyl halides is 5. The van der Waals surface area contributed by atoms with Crippen molar-refractivity contribution in [2.45, 2.75) is 90.4 Å². The van der Waals surface area contributed by atoms with Crippen LogP contribution in [0.1, 0.15) is 87.1 Å². The van der Waals surface area contributed by atoms with Gasteiger partial charge in [-0.2, -0.15) is 18.3 Å². The number of nitrogens with zero attached hydrogens (tertiary/aromatic N) is 3. The Balaban J connectivity index is 0.000000427. The van der Waals surface area contributed by atoms with Gasteiger partial charge in [0.05, 0.1) is 24.0 Å². The molecule has 8 nitrogen and oxygen atoms in total. The minimum absolute atomic E-state index is 0.109. The lowest BCUT2D eigenvalue weighted by molar-refractivity contribution is -0.144. The fourth-order valence-corrected chi connectivity index (χ4v) is 3.77. The molecule has 1 aromatic carbocycles. The molecule has 40 heavy (non-hydrogen) atoms. The Hall–Kier alpha value is -3.51. The predicted octanol–water partition coefficient (Wildman–Crippen LogP) is 6.19. The van der Waals surface area contributed by atoms with Crippen LogP contribution in [0, 0.1) is 0 Å². The van der Waals surface area contributed by atoms with E-state index < -0.39 is 30.8 Å². The lowest BCUT2D eigenvalue weighted by atomic mass is 9.97. The van der Waals surface area contributed by atoms with E-state index in [1.165, 1.54) is 17.3 Å². The Labute approximate surface area is 230 Å². The molecule has 3 aromatic rings. The van der Waals surface area contributed by atoms with E-state index >= 15 is 0 Å². The molecule has 0 saturated heterocycles. The van der Waals surface area contributed by atoms with Gasteiger partial charge in [-0.15, -0.1) is 0 Å². The molecule has 0 atom stereocenters. The van der Waals surface area contributed by atoms with Crippen LogP contribution in [0.25, 0.3) is 11.0 Å². The zero-order valence-corrected chi connectivity index (χ0v) is 23.0. The topological polar surface area (TPSA) is 105 Å². The number of H-pyrrole nitrogens is 1. The highest BCUT2D eigenvalue weighted by atomic mass is 19.4. The van der Waals surface area contributed by atoms with Crippen molar-refractivity contribution in [1.82, 2.24) is 30.4 Å². The summed E-state index contributed by atoms with van der Waals surface area (Å²) in [6.07, 6.45) is -0.660. The average Bonchev–Trinajstić information content (AvgIpc) is 3.50. The summed E-state index contributed by atoms with van der Waals surface area (Å²) in [5, 5.41) is 9.14. The number of carbonyl (C=O) groups is 2. The highest BCUT2D eigenvalue weighted by molar-refractivity contribution is 5.92. The summed E-state index contributed by atoms with van der Waals surface area (Å²) >= 11 is 0. The van der Waals surface area contributed by atoms with E-state index in [1.807, 2.05) is 0 Å². The third kappa shape index (κ3) is 11.7. The maximum atomic E-state index is 12.2. The van der Waals surface area contributed by atoms with Gasteiger partial charge < -0.3 is 15.6 Å². The van der Waals surface area contributed by atoms with Crippen LogP contribution in [-0.4, -0.2) is 43.7 Å². The molecule has 2 amide bonds. The van der Waals surface area contributed by atoms with Gasteiger partial charge in [0.15, 0.2) is 0 Å². The van der Waals surface area contributed by atoms with Crippen molar-refractivity contribution in [3.8, 4) is 0 Å². The second-order valence-corrected chi connectivity index (χ2v) is 9.57. The molecule has 0 bridgehead atoms. The van der Waals surface area contributed by atoms with Crippen molar-refractivity contribution in [2.24, 2.45) is 7.05 Å². The van der Waals surface area contributed by atoms with E-state index in [-0.39, 0.29) is 31.8 Å². The van der Waals surface area contributed by atoms with Gasteiger partial charge in [-0.05, 0) is 36.6 Å². The van der Waals surface area contributed by atoms with Crippen LogP contribution in [0.4, 0.5) is 22.0 Å². The summed E-state index contributed by atoms with van der Waals surface area (Å²) in [4.78, 5) is 31.1. The van der Waals surface area contributed by atoms with Crippen molar-refractivity contribution in [3.05, 3.63) is 47.5 Å². The second kappa shape index (κ2) is 15.3. The van der Waals surface area contributed by atoms with Crippen molar-refractivity contribution in [1.29, 1.82) is 0 Å².